The second-order valence-corrected chi connectivity index (χ2v) is 6.96. The number of carbonyl (C=O) groups excluding carboxylic acids is 1. The van der Waals surface area contributed by atoms with E-state index in [1.165, 1.54) is 11.1 Å². The third-order valence-electron chi connectivity index (χ3n) is 4.85. The molecule has 1 aliphatic heterocycles. The molecule has 0 saturated carbocycles. The van der Waals surface area contributed by atoms with Gasteiger partial charge in [0.15, 0.2) is 0 Å². The van der Waals surface area contributed by atoms with Gasteiger partial charge in [-0.15, -0.1) is 0 Å². The highest BCUT2D eigenvalue weighted by Gasteiger charge is 2.26. The van der Waals surface area contributed by atoms with E-state index in [-0.39, 0.29) is 5.91 Å². The van der Waals surface area contributed by atoms with E-state index in [9.17, 15) is 4.79 Å². The topological polar surface area (TPSA) is 58.1 Å². The number of carbonyl (C=O) groups is 1. The highest BCUT2D eigenvalue weighted by atomic mass is 16.2. The van der Waals surface area contributed by atoms with Crippen LogP contribution in [0.5, 0.6) is 0 Å². The zero-order chi connectivity index (χ0) is 19.0. The Morgan fingerprint density at radius 1 is 1.04 bits per heavy atom. The summed E-state index contributed by atoms with van der Waals surface area (Å²) in [5.74, 6) is 1.11. The Bertz CT molecular complexity index is 1030. The summed E-state index contributed by atoms with van der Waals surface area (Å²) in [6.45, 7) is 6.59. The van der Waals surface area contributed by atoms with Crippen molar-refractivity contribution in [2.75, 3.05) is 16.8 Å². The molecular weight excluding hydrogens is 336 g/mol. The van der Waals surface area contributed by atoms with Crippen molar-refractivity contribution in [3.05, 3.63) is 76.7 Å². The number of fused-ring (bicyclic) bond motifs is 1. The van der Waals surface area contributed by atoms with E-state index in [0.29, 0.717) is 23.9 Å². The van der Waals surface area contributed by atoms with Crippen molar-refractivity contribution in [2.45, 2.75) is 27.2 Å². The van der Waals surface area contributed by atoms with Gasteiger partial charge >= 0.3 is 0 Å². The fraction of sp³-hybridized carbons (Fsp3) is 0.227. The fourth-order valence-corrected chi connectivity index (χ4v) is 3.44. The first-order chi connectivity index (χ1) is 13.0. The molecule has 5 heteroatoms. The number of amides is 1. The van der Waals surface area contributed by atoms with E-state index in [2.05, 4.69) is 46.5 Å². The maximum absolute atomic E-state index is 13.1. The van der Waals surface area contributed by atoms with Crippen LogP contribution >= 0.6 is 0 Å². The number of para-hydroxylation sites is 1. The van der Waals surface area contributed by atoms with Gasteiger partial charge < -0.3 is 10.2 Å². The van der Waals surface area contributed by atoms with Crippen LogP contribution in [0.1, 0.15) is 33.0 Å². The molecule has 136 valence electrons. The number of anilines is 3. The average Bonchev–Trinajstić information content (AvgIpc) is 3.08. The molecular formula is C22H22N4O. The van der Waals surface area contributed by atoms with Gasteiger partial charge in [0.05, 0.1) is 0 Å². The van der Waals surface area contributed by atoms with E-state index in [0.717, 1.165) is 23.4 Å². The second-order valence-electron chi connectivity index (χ2n) is 6.96. The van der Waals surface area contributed by atoms with Crippen LogP contribution in [-0.2, 0) is 6.42 Å². The lowest BCUT2D eigenvalue weighted by molar-refractivity contribution is 0.0984. The molecule has 5 nitrogen and oxygen atoms in total. The van der Waals surface area contributed by atoms with E-state index in [1.54, 1.807) is 11.0 Å². The van der Waals surface area contributed by atoms with Crippen LogP contribution < -0.4 is 10.2 Å². The Balaban J connectivity index is 1.65. The monoisotopic (exact) mass is 358 g/mol. The minimum absolute atomic E-state index is 0.0885. The molecule has 0 aliphatic carbocycles. The van der Waals surface area contributed by atoms with Gasteiger partial charge in [-0.25, -0.2) is 9.97 Å². The van der Waals surface area contributed by atoms with Crippen molar-refractivity contribution in [3.8, 4) is 0 Å². The number of nitrogens with zero attached hydrogens (tertiary/aromatic N) is 3. The maximum atomic E-state index is 13.1. The van der Waals surface area contributed by atoms with Crippen LogP contribution in [0.3, 0.4) is 0 Å². The lowest BCUT2D eigenvalue weighted by Gasteiger charge is -2.18. The van der Waals surface area contributed by atoms with E-state index >= 15 is 0 Å². The molecule has 1 N–H and O–H groups in total. The average molecular weight is 358 g/mol. The molecule has 0 unspecified atom stereocenters. The van der Waals surface area contributed by atoms with Crippen LogP contribution in [0.4, 0.5) is 17.2 Å². The highest BCUT2D eigenvalue weighted by Crippen LogP contribution is 2.29. The summed E-state index contributed by atoms with van der Waals surface area (Å²) in [5, 5.41) is 3.34. The summed E-state index contributed by atoms with van der Waals surface area (Å²) in [5.41, 5.74) is 5.86. The van der Waals surface area contributed by atoms with Gasteiger partial charge in [-0.05, 0) is 56.0 Å². The van der Waals surface area contributed by atoms with Gasteiger partial charge in [0.1, 0.15) is 17.3 Å². The van der Waals surface area contributed by atoms with Gasteiger partial charge in [-0.3, -0.25) is 4.79 Å². The van der Waals surface area contributed by atoms with Crippen LogP contribution in [0.25, 0.3) is 0 Å². The molecule has 0 saturated heterocycles. The fourth-order valence-electron chi connectivity index (χ4n) is 3.44. The molecule has 0 spiro atoms. The number of hydrogen-bond donors (Lipinski definition) is 1. The minimum atomic E-state index is -0.0885. The molecule has 1 amide bonds. The largest absolute Gasteiger partial charge is 0.340 e. The molecule has 0 atom stereocenters. The third-order valence-corrected chi connectivity index (χ3v) is 4.85. The Morgan fingerprint density at radius 3 is 2.70 bits per heavy atom. The smallest absolute Gasteiger partial charge is 0.277 e. The van der Waals surface area contributed by atoms with Gasteiger partial charge in [0.25, 0.3) is 5.91 Å². The standard InChI is InChI=1S/C22H22N4O/c1-14-8-9-15(2)18(12-14)25-21-13-19(23-16(3)24-21)22(27)26-11-10-17-6-4-5-7-20(17)26/h4-9,12-13H,10-11H2,1-3H3,(H,23,24,25). The predicted molar refractivity (Wildman–Crippen MR) is 108 cm³/mol. The lowest BCUT2D eigenvalue weighted by Crippen LogP contribution is -2.30. The van der Waals surface area contributed by atoms with Crippen molar-refractivity contribution in [1.29, 1.82) is 0 Å². The molecule has 0 radical (unpaired) electrons. The molecule has 27 heavy (non-hydrogen) atoms. The summed E-state index contributed by atoms with van der Waals surface area (Å²) in [6.07, 6.45) is 0.875. The summed E-state index contributed by atoms with van der Waals surface area (Å²) >= 11 is 0. The zero-order valence-electron chi connectivity index (χ0n) is 15.8. The van der Waals surface area contributed by atoms with Crippen LogP contribution in [0.15, 0.2) is 48.5 Å². The number of hydrogen-bond acceptors (Lipinski definition) is 4. The molecule has 1 aliphatic rings. The van der Waals surface area contributed by atoms with Crippen molar-refractivity contribution < 1.29 is 4.79 Å². The molecule has 0 fully saturated rings. The van der Waals surface area contributed by atoms with Gasteiger partial charge in [-0.1, -0.05) is 30.3 Å². The number of nitrogens with one attached hydrogen (secondary N) is 1. The maximum Gasteiger partial charge on any atom is 0.277 e. The third kappa shape index (κ3) is 3.40. The Hall–Kier alpha value is -3.21. The molecule has 4 rings (SSSR count). The molecule has 1 aromatic heterocycles. The Labute approximate surface area is 159 Å². The number of benzene rings is 2. The zero-order valence-corrected chi connectivity index (χ0v) is 15.8. The minimum Gasteiger partial charge on any atom is -0.340 e. The SMILES string of the molecule is Cc1ccc(C)c(Nc2cc(C(=O)N3CCc4ccccc43)nc(C)n2)c1. The van der Waals surface area contributed by atoms with Gasteiger partial charge in [0.2, 0.25) is 0 Å². The van der Waals surface area contributed by atoms with Crippen molar-refractivity contribution in [1.82, 2.24) is 9.97 Å². The number of aryl methyl sites for hydroxylation is 3. The summed E-state index contributed by atoms with van der Waals surface area (Å²) < 4.78 is 0. The summed E-state index contributed by atoms with van der Waals surface area (Å²) in [7, 11) is 0. The first kappa shape index (κ1) is 17.2. The number of rotatable bonds is 3. The van der Waals surface area contributed by atoms with Crippen LogP contribution in [-0.4, -0.2) is 22.4 Å². The first-order valence-electron chi connectivity index (χ1n) is 9.11. The second kappa shape index (κ2) is 6.83. The normalized spacial score (nSPS) is 12.8. The van der Waals surface area contributed by atoms with E-state index in [1.807, 2.05) is 32.0 Å². The van der Waals surface area contributed by atoms with Crippen LogP contribution in [0, 0.1) is 20.8 Å². The van der Waals surface area contributed by atoms with Gasteiger partial charge in [0, 0.05) is 24.0 Å². The van der Waals surface area contributed by atoms with E-state index < -0.39 is 0 Å². The Kier molecular flexibility index (Phi) is 4.36. The molecule has 0 bridgehead atoms. The van der Waals surface area contributed by atoms with Crippen molar-refractivity contribution in [2.24, 2.45) is 0 Å². The quantitative estimate of drug-likeness (QED) is 0.756. The summed E-state index contributed by atoms with van der Waals surface area (Å²) in [4.78, 5) is 23.8. The highest BCUT2D eigenvalue weighted by molar-refractivity contribution is 6.06. The molecule has 2 aromatic carbocycles. The lowest BCUT2D eigenvalue weighted by atomic mass is 10.1. The predicted octanol–water partition coefficient (Wildman–Crippen LogP) is 4.35. The van der Waals surface area contributed by atoms with Crippen molar-refractivity contribution in [3.63, 3.8) is 0 Å². The molecule has 3 aromatic rings. The number of aromatic nitrogens is 2. The van der Waals surface area contributed by atoms with Crippen LogP contribution in [0.2, 0.25) is 0 Å². The summed E-state index contributed by atoms with van der Waals surface area (Å²) in [6, 6.07) is 16.0. The van der Waals surface area contributed by atoms with Gasteiger partial charge in [-0.2, -0.15) is 0 Å². The van der Waals surface area contributed by atoms with Crippen molar-refractivity contribution >= 4 is 23.1 Å². The Morgan fingerprint density at radius 2 is 1.85 bits per heavy atom. The molecule has 2 heterocycles. The van der Waals surface area contributed by atoms with E-state index in [4.69, 9.17) is 0 Å². The first-order valence-corrected chi connectivity index (χ1v) is 9.11.